The molecule has 0 spiro atoms. The van der Waals surface area contributed by atoms with Crippen molar-refractivity contribution in [1.29, 1.82) is 0 Å². The Morgan fingerprint density at radius 1 is 1.40 bits per heavy atom. The van der Waals surface area contributed by atoms with Crippen molar-refractivity contribution in [3.8, 4) is 0 Å². The van der Waals surface area contributed by atoms with E-state index in [9.17, 15) is 4.79 Å². The molecule has 1 amide bonds. The zero-order valence-corrected chi connectivity index (χ0v) is 9.72. The van der Waals surface area contributed by atoms with Gasteiger partial charge in [0.25, 0.3) is 0 Å². The molecule has 0 aromatic carbocycles. The Balaban J connectivity index is 0.00000112. The summed E-state index contributed by atoms with van der Waals surface area (Å²) in [5.74, 6) is 0.796. The molecule has 0 atom stereocenters. The molecule has 0 bridgehead atoms. The van der Waals surface area contributed by atoms with Crippen LogP contribution in [0.15, 0.2) is 0 Å². The second kappa shape index (κ2) is 6.18. The molecule has 15 heavy (non-hydrogen) atoms. The van der Waals surface area contributed by atoms with Crippen LogP contribution in [0.3, 0.4) is 0 Å². The summed E-state index contributed by atoms with van der Waals surface area (Å²) < 4.78 is 4.88. The Labute approximate surface area is 96.7 Å². The lowest BCUT2D eigenvalue weighted by Crippen LogP contribution is -2.31. The average Bonchev–Trinajstić information content (AvgIpc) is 2.63. The van der Waals surface area contributed by atoms with Gasteiger partial charge in [-0.2, -0.15) is 0 Å². The van der Waals surface area contributed by atoms with E-state index in [0.29, 0.717) is 6.61 Å². The summed E-state index contributed by atoms with van der Waals surface area (Å²) in [6.07, 6.45) is 3.52. The van der Waals surface area contributed by atoms with E-state index >= 15 is 0 Å². The monoisotopic (exact) mass is 234 g/mol. The molecule has 2 rings (SSSR count). The maximum Gasteiger partial charge on any atom is 0.409 e. The van der Waals surface area contributed by atoms with Gasteiger partial charge in [-0.25, -0.2) is 4.79 Å². The summed E-state index contributed by atoms with van der Waals surface area (Å²) in [4.78, 5) is 13.0. The maximum atomic E-state index is 11.1. The molecular formula is C10H19ClN2O2. The average molecular weight is 235 g/mol. The smallest absolute Gasteiger partial charge is 0.409 e. The first-order valence-electron chi connectivity index (χ1n) is 5.48. The van der Waals surface area contributed by atoms with Gasteiger partial charge in [-0.1, -0.05) is 0 Å². The Hall–Kier alpha value is -0.480. The lowest BCUT2D eigenvalue weighted by molar-refractivity contribution is 0.156. The zero-order valence-electron chi connectivity index (χ0n) is 8.91. The van der Waals surface area contributed by atoms with Crippen LogP contribution in [0.1, 0.15) is 19.3 Å². The van der Waals surface area contributed by atoms with Crippen LogP contribution in [0, 0.1) is 5.92 Å². The van der Waals surface area contributed by atoms with Crippen LogP contribution in [-0.2, 0) is 4.74 Å². The Bertz CT molecular complexity index is 208. The molecule has 4 nitrogen and oxygen atoms in total. The Morgan fingerprint density at radius 3 is 2.73 bits per heavy atom. The first kappa shape index (κ1) is 12.6. The molecular weight excluding hydrogens is 216 g/mol. The fourth-order valence-corrected chi connectivity index (χ4v) is 2.14. The fraction of sp³-hybridized carbons (Fsp3) is 0.900. The third-order valence-corrected chi connectivity index (χ3v) is 3.11. The van der Waals surface area contributed by atoms with Crippen molar-refractivity contribution in [2.75, 3.05) is 32.8 Å². The largest absolute Gasteiger partial charge is 0.448 e. The number of carbonyl (C=O) groups is 1. The van der Waals surface area contributed by atoms with Gasteiger partial charge >= 0.3 is 6.09 Å². The van der Waals surface area contributed by atoms with E-state index in [-0.39, 0.29) is 18.5 Å². The van der Waals surface area contributed by atoms with Gasteiger partial charge in [0.1, 0.15) is 6.61 Å². The molecule has 1 N–H and O–H groups in total. The first-order chi connectivity index (χ1) is 6.86. The highest BCUT2D eigenvalue weighted by molar-refractivity contribution is 5.85. The van der Waals surface area contributed by atoms with Crippen LogP contribution in [0.4, 0.5) is 4.79 Å². The number of halogens is 1. The van der Waals surface area contributed by atoms with Gasteiger partial charge in [-0.15, -0.1) is 12.4 Å². The van der Waals surface area contributed by atoms with Crippen LogP contribution >= 0.6 is 12.4 Å². The van der Waals surface area contributed by atoms with Crippen LogP contribution < -0.4 is 5.32 Å². The second-order valence-corrected chi connectivity index (χ2v) is 4.08. The summed E-state index contributed by atoms with van der Waals surface area (Å²) in [7, 11) is 0. The quantitative estimate of drug-likeness (QED) is 0.799. The number of amides is 1. The van der Waals surface area contributed by atoms with Gasteiger partial charge in [0.05, 0.1) is 6.54 Å². The topological polar surface area (TPSA) is 41.6 Å². The van der Waals surface area contributed by atoms with Gasteiger partial charge in [-0.05, 0) is 38.3 Å². The summed E-state index contributed by atoms with van der Waals surface area (Å²) in [6, 6.07) is 0. The van der Waals surface area contributed by atoms with E-state index in [1.54, 1.807) is 0 Å². The summed E-state index contributed by atoms with van der Waals surface area (Å²) in [6.45, 7) is 4.50. The number of cyclic esters (lactones) is 1. The molecule has 2 saturated heterocycles. The number of nitrogens with one attached hydrogen (secondary N) is 1. The van der Waals surface area contributed by atoms with Crippen molar-refractivity contribution in [2.24, 2.45) is 5.92 Å². The van der Waals surface area contributed by atoms with E-state index in [2.05, 4.69) is 5.32 Å². The molecule has 0 aliphatic carbocycles. The van der Waals surface area contributed by atoms with Crippen molar-refractivity contribution in [1.82, 2.24) is 10.2 Å². The number of carbonyl (C=O) groups excluding carboxylic acids is 1. The molecule has 0 saturated carbocycles. The van der Waals surface area contributed by atoms with Crippen molar-refractivity contribution in [3.63, 3.8) is 0 Å². The Morgan fingerprint density at radius 2 is 2.13 bits per heavy atom. The van der Waals surface area contributed by atoms with E-state index in [0.717, 1.165) is 38.5 Å². The number of hydrogen-bond acceptors (Lipinski definition) is 3. The summed E-state index contributed by atoms with van der Waals surface area (Å²) >= 11 is 0. The second-order valence-electron chi connectivity index (χ2n) is 4.08. The molecule has 2 fully saturated rings. The van der Waals surface area contributed by atoms with Crippen molar-refractivity contribution < 1.29 is 9.53 Å². The fourth-order valence-electron chi connectivity index (χ4n) is 2.14. The van der Waals surface area contributed by atoms with E-state index in [1.165, 1.54) is 12.8 Å². The lowest BCUT2D eigenvalue weighted by atomic mass is 9.94. The van der Waals surface area contributed by atoms with Gasteiger partial charge in [-0.3, -0.25) is 0 Å². The molecule has 0 aromatic heterocycles. The van der Waals surface area contributed by atoms with Crippen molar-refractivity contribution in [3.05, 3.63) is 0 Å². The van der Waals surface area contributed by atoms with E-state index in [4.69, 9.17) is 4.74 Å². The normalized spacial score (nSPS) is 22.4. The molecule has 88 valence electrons. The van der Waals surface area contributed by atoms with Crippen LogP contribution in [0.25, 0.3) is 0 Å². The molecule has 0 unspecified atom stereocenters. The van der Waals surface area contributed by atoms with Crippen LogP contribution in [-0.4, -0.2) is 43.8 Å². The number of hydrogen-bond donors (Lipinski definition) is 1. The molecule has 0 aromatic rings. The van der Waals surface area contributed by atoms with Crippen molar-refractivity contribution >= 4 is 18.5 Å². The van der Waals surface area contributed by atoms with Gasteiger partial charge < -0.3 is 15.0 Å². The standard InChI is InChI=1S/C10H18N2O2.ClH/c13-10-12(7-8-14-10)6-3-9-1-4-11-5-2-9;/h9,11H,1-8H2;1H. The number of piperidine rings is 1. The van der Waals surface area contributed by atoms with E-state index < -0.39 is 0 Å². The molecule has 2 aliphatic heterocycles. The van der Waals surface area contributed by atoms with Crippen LogP contribution in [0.5, 0.6) is 0 Å². The predicted molar refractivity (Wildman–Crippen MR) is 60.4 cm³/mol. The SMILES string of the molecule is Cl.O=C1OCCN1CCC1CCNCC1. The highest BCUT2D eigenvalue weighted by Crippen LogP contribution is 2.17. The maximum absolute atomic E-state index is 11.1. The molecule has 0 radical (unpaired) electrons. The molecule has 2 heterocycles. The summed E-state index contributed by atoms with van der Waals surface area (Å²) in [5, 5.41) is 3.35. The van der Waals surface area contributed by atoms with E-state index in [1.807, 2.05) is 4.90 Å². The minimum atomic E-state index is -0.126. The highest BCUT2D eigenvalue weighted by Gasteiger charge is 2.23. The third kappa shape index (κ3) is 3.54. The van der Waals surface area contributed by atoms with Gasteiger partial charge in [0, 0.05) is 6.54 Å². The summed E-state index contributed by atoms with van der Waals surface area (Å²) in [5.41, 5.74) is 0. The first-order valence-corrected chi connectivity index (χ1v) is 5.48. The number of rotatable bonds is 3. The Kier molecular flexibility index (Phi) is 5.19. The van der Waals surface area contributed by atoms with Gasteiger partial charge in [0.15, 0.2) is 0 Å². The van der Waals surface area contributed by atoms with Gasteiger partial charge in [0.2, 0.25) is 0 Å². The minimum absolute atomic E-state index is 0. The highest BCUT2D eigenvalue weighted by atomic mass is 35.5. The molecule has 2 aliphatic rings. The minimum Gasteiger partial charge on any atom is -0.448 e. The predicted octanol–water partition coefficient (Wildman–Crippen LogP) is 1.25. The lowest BCUT2D eigenvalue weighted by Gasteiger charge is -2.24. The zero-order chi connectivity index (χ0) is 9.80. The number of nitrogens with zero attached hydrogens (tertiary/aromatic N) is 1. The number of ether oxygens (including phenoxy) is 1. The molecule has 5 heteroatoms. The van der Waals surface area contributed by atoms with Crippen LogP contribution in [0.2, 0.25) is 0 Å². The van der Waals surface area contributed by atoms with Crippen molar-refractivity contribution in [2.45, 2.75) is 19.3 Å². The third-order valence-electron chi connectivity index (χ3n) is 3.11.